The normalized spacial score (nSPS) is 46.7. The quantitative estimate of drug-likeness (QED) is 0.289. The van der Waals surface area contributed by atoms with E-state index in [0.717, 1.165) is 44.1 Å². The number of fused-ring (bicyclic) bond motifs is 5. The second-order valence-corrected chi connectivity index (χ2v) is 14.4. The molecule has 0 heterocycles. The maximum Gasteiger partial charge on any atom is 0.331 e. The number of aliphatic hydroxyl groups excluding tert-OH is 2. The number of ether oxygens (including phenoxy) is 2. The maximum atomic E-state index is 12.7. The summed E-state index contributed by atoms with van der Waals surface area (Å²) in [6.07, 6.45) is 3.64. The minimum absolute atomic E-state index is 0.00540. The van der Waals surface area contributed by atoms with Gasteiger partial charge in [-0.05, 0) is 90.9 Å². The Morgan fingerprint density at radius 3 is 2.33 bits per heavy atom. The van der Waals surface area contributed by atoms with Gasteiger partial charge in [0.2, 0.25) is 0 Å². The van der Waals surface area contributed by atoms with Gasteiger partial charge in [-0.3, -0.25) is 4.79 Å². The number of hydrogen-bond acceptors (Lipinski definition) is 6. The fourth-order valence-electron chi connectivity index (χ4n) is 10.3. The highest BCUT2D eigenvalue weighted by molar-refractivity contribution is 5.88. The van der Waals surface area contributed by atoms with Gasteiger partial charge in [0.05, 0.1) is 18.3 Å². The molecule has 0 spiro atoms. The zero-order chi connectivity index (χ0) is 29.1. The number of aliphatic hydroxyl groups is 2. The number of aliphatic carboxylic acids is 1. The Balaban J connectivity index is 1.85. The van der Waals surface area contributed by atoms with Crippen molar-refractivity contribution < 1.29 is 34.4 Å². The number of methoxy groups -OCH3 is 1. The van der Waals surface area contributed by atoms with E-state index in [1.165, 1.54) is 6.92 Å². The SMILES string of the molecule is COC1C2C(C)C(O)CCC2(C)C2CCC3/C(=C(\CCCC(C)C)C(=O)O)C(OC(C)=O)CC3(C)C2(C)C1O. The fraction of sp³-hybridized carbons (Fsp3) is 0.875. The van der Waals surface area contributed by atoms with E-state index in [2.05, 4.69) is 41.5 Å². The first-order valence-corrected chi connectivity index (χ1v) is 15.2. The summed E-state index contributed by atoms with van der Waals surface area (Å²) in [5.41, 5.74) is -0.0641. The third-order valence-corrected chi connectivity index (χ3v) is 12.2. The molecular weight excluding hydrogens is 496 g/mol. The van der Waals surface area contributed by atoms with Crippen molar-refractivity contribution in [2.75, 3.05) is 7.11 Å². The highest BCUT2D eigenvalue weighted by Crippen LogP contribution is 2.74. The van der Waals surface area contributed by atoms with Crippen LogP contribution in [-0.2, 0) is 19.1 Å². The van der Waals surface area contributed by atoms with E-state index in [-0.39, 0.29) is 29.1 Å². The summed E-state index contributed by atoms with van der Waals surface area (Å²) in [5.74, 6) is -0.771. The number of hydrogen-bond donors (Lipinski definition) is 3. The molecule has 0 aliphatic heterocycles. The van der Waals surface area contributed by atoms with Crippen molar-refractivity contribution in [3.8, 4) is 0 Å². The van der Waals surface area contributed by atoms with Crippen molar-refractivity contribution in [3.63, 3.8) is 0 Å². The Kier molecular flexibility index (Phi) is 8.42. The van der Waals surface area contributed by atoms with E-state index in [9.17, 15) is 24.9 Å². The number of rotatable bonds is 7. The van der Waals surface area contributed by atoms with Crippen LogP contribution in [0.15, 0.2) is 11.1 Å². The van der Waals surface area contributed by atoms with Crippen molar-refractivity contribution in [1.29, 1.82) is 0 Å². The van der Waals surface area contributed by atoms with Crippen molar-refractivity contribution in [1.82, 2.24) is 0 Å². The first-order chi connectivity index (χ1) is 18.1. The third-order valence-electron chi connectivity index (χ3n) is 12.2. The Bertz CT molecular complexity index is 989. The average Bonchev–Trinajstić information content (AvgIpc) is 3.12. The number of carboxylic acid groups (broad SMARTS) is 1. The minimum Gasteiger partial charge on any atom is -0.478 e. The molecule has 0 aromatic rings. The van der Waals surface area contributed by atoms with Crippen LogP contribution in [0.2, 0.25) is 0 Å². The van der Waals surface area contributed by atoms with Gasteiger partial charge >= 0.3 is 11.9 Å². The minimum atomic E-state index is -0.927. The topological polar surface area (TPSA) is 113 Å². The molecule has 7 nitrogen and oxygen atoms in total. The molecule has 222 valence electrons. The highest BCUT2D eigenvalue weighted by atomic mass is 16.5. The van der Waals surface area contributed by atoms with Crippen LogP contribution in [0.5, 0.6) is 0 Å². The highest BCUT2D eigenvalue weighted by Gasteiger charge is 2.73. The van der Waals surface area contributed by atoms with Crippen LogP contribution in [0.1, 0.15) is 99.8 Å². The van der Waals surface area contributed by atoms with Crippen molar-refractivity contribution in [2.24, 2.45) is 45.8 Å². The van der Waals surface area contributed by atoms with Gasteiger partial charge in [0, 0.05) is 25.0 Å². The van der Waals surface area contributed by atoms with Crippen LogP contribution in [0, 0.1) is 45.8 Å². The summed E-state index contributed by atoms with van der Waals surface area (Å²) in [7, 11) is 1.66. The van der Waals surface area contributed by atoms with E-state index < -0.39 is 47.2 Å². The van der Waals surface area contributed by atoms with Crippen LogP contribution in [0.4, 0.5) is 0 Å². The first-order valence-electron chi connectivity index (χ1n) is 15.2. The molecule has 4 fully saturated rings. The average molecular weight is 549 g/mol. The molecule has 4 saturated carbocycles. The van der Waals surface area contributed by atoms with Gasteiger partial charge in [0.25, 0.3) is 0 Å². The molecule has 0 bridgehead atoms. The molecule has 3 N–H and O–H groups in total. The summed E-state index contributed by atoms with van der Waals surface area (Å²) in [5, 5.41) is 33.5. The number of carbonyl (C=O) groups is 2. The van der Waals surface area contributed by atoms with E-state index >= 15 is 0 Å². The lowest BCUT2D eigenvalue weighted by Gasteiger charge is -2.70. The number of carboxylic acids is 1. The van der Waals surface area contributed by atoms with Gasteiger partial charge in [-0.15, -0.1) is 0 Å². The molecule has 39 heavy (non-hydrogen) atoms. The predicted molar refractivity (Wildman–Crippen MR) is 149 cm³/mol. The molecule has 11 unspecified atom stereocenters. The smallest absolute Gasteiger partial charge is 0.331 e. The first kappa shape index (κ1) is 30.5. The van der Waals surface area contributed by atoms with Gasteiger partial charge in [0.15, 0.2) is 0 Å². The lowest BCUT2D eigenvalue weighted by Crippen LogP contribution is -2.72. The Morgan fingerprint density at radius 1 is 1.10 bits per heavy atom. The Hall–Kier alpha value is -1.44. The summed E-state index contributed by atoms with van der Waals surface area (Å²) in [6, 6.07) is 0. The maximum absolute atomic E-state index is 12.7. The van der Waals surface area contributed by atoms with Crippen molar-refractivity contribution in [3.05, 3.63) is 11.1 Å². The molecule has 0 aromatic heterocycles. The molecule has 0 radical (unpaired) electrons. The predicted octanol–water partition coefficient (Wildman–Crippen LogP) is 5.37. The van der Waals surface area contributed by atoms with E-state index in [1.807, 2.05) is 0 Å². The largest absolute Gasteiger partial charge is 0.478 e. The zero-order valence-electron chi connectivity index (χ0n) is 25.3. The van der Waals surface area contributed by atoms with Gasteiger partial charge in [0.1, 0.15) is 6.10 Å². The summed E-state index contributed by atoms with van der Waals surface area (Å²) in [4.78, 5) is 25.0. The van der Waals surface area contributed by atoms with Gasteiger partial charge in [-0.1, -0.05) is 48.0 Å². The molecule has 4 rings (SSSR count). The van der Waals surface area contributed by atoms with Crippen LogP contribution >= 0.6 is 0 Å². The third kappa shape index (κ3) is 4.59. The monoisotopic (exact) mass is 548 g/mol. The molecule has 0 amide bonds. The molecule has 7 heteroatoms. The van der Waals surface area contributed by atoms with Gasteiger partial charge < -0.3 is 24.8 Å². The second-order valence-electron chi connectivity index (χ2n) is 14.4. The lowest BCUT2D eigenvalue weighted by atomic mass is 9.35. The fourth-order valence-corrected chi connectivity index (χ4v) is 10.3. The van der Waals surface area contributed by atoms with Gasteiger partial charge in [-0.25, -0.2) is 4.79 Å². The molecule has 4 aliphatic rings. The molecular formula is C32H52O7. The number of esters is 1. The number of carbonyl (C=O) groups excluding carboxylic acids is 1. The molecule has 0 aromatic carbocycles. The summed E-state index contributed by atoms with van der Waals surface area (Å²) >= 11 is 0. The second kappa shape index (κ2) is 10.8. The summed E-state index contributed by atoms with van der Waals surface area (Å²) in [6.45, 7) is 14.5. The molecule has 0 saturated heterocycles. The van der Waals surface area contributed by atoms with Gasteiger partial charge in [-0.2, -0.15) is 0 Å². The van der Waals surface area contributed by atoms with E-state index in [0.29, 0.717) is 24.3 Å². The van der Waals surface area contributed by atoms with Crippen LogP contribution < -0.4 is 0 Å². The standard InChI is InChI=1S/C32H52O7/c1-17(2)10-9-11-20(29(36)37)25-21-12-13-24-30(5)15-14-22(34)18(3)26(30)27(38-8)28(35)32(24,7)31(21,6)16-23(25)39-19(4)33/h17-18,21-24,26-28,34-35H,9-16H2,1-8H3,(H,36,37)/b25-20-. The van der Waals surface area contributed by atoms with E-state index in [1.54, 1.807) is 7.11 Å². The lowest BCUT2D eigenvalue weighted by molar-refractivity contribution is -0.289. The van der Waals surface area contributed by atoms with Crippen LogP contribution in [0.3, 0.4) is 0 Å². The Labute approximate surface area is 234 Å². The zero-order valence-corrected chi connectivity index (χ0v) is 25.3. The van der Waals surface area contributed by atoms with Crippen molar-refractivity contribution in [2.45, 2.75) is 124 Å². The van der Waals surface area contributed by atoms with Crippen LogP contribution in [-0.4, -0.2) is 58.8 Å². The van der Waals surface area contributed by atoms with Crippen molar-refractivity contribution >= 4 is 11.9 Å². The van der Waals surface area contributed by atoms with E-state index in [4.69, 9.17) is 9.47 Å². The van der Waals surface area contributed by atoms with Crippen LogP contribution in [0.25, 0.3) is 0 Å². The Morgan fingerprint density at radius 2 is 1.77 bits per heavy atom. The molecule has 4 aliphatic carbocycles. The summed E-state index contributed by atoms with van der Waals surface area (Å²) < 4.78 is 12.0. The molecule has 11 atom stereocenters.